The maximum Gasteiger partial charge on any atom is 0.261 e. The van der Waals surface area contributed by atoms with Gasteiger partial charge in [-0.05, 0) is 55.0 Å². The number of likely N-dealkylation sites (N-methyl/N-ethyl adjacent to an activating group) is 1. The Morgan fingerprint density at radius 2 is 1.58 bits per heavy atom. The molecule has 0 unspecified atom stereocenters. The first-order chi connectivity index (χ1) is 14.8. The predicted octanol–water partition coefficient (Wildman–Crippen LogP) is 3.89. The maximum atomic E-state index is 13.1. The van der Waals surface area contributed by atoms with E-state index in [0.29, 0.717) is 24.3 Å². The number of anilines is 2. The number of amides is 1. The Labute approximate surface area is 183 Å². The number of sulfonamides is 1. The molecule has 1 aliphatic rings. The lowest BCUT2D eigenvalue weighted by Crippen LogP contribution is -2.34. The van der Waals surface area contributed by atoms with Crippen LogP contribution in [0, 0.1) is 6.92 Å². The summed E-state index contributed by atoms with van der Waals surface area (Å²) in [6, 6.07) is 21.3. The normalized spacial score (nSPS) is 14.0. The molecule has 0 saturated heterocycles. The maximum absolute atomic E-state index is 13.1. The summed E-state index contributed by atoms with van der Waals surface area (Å²) in [5.74, 6) is -0.111. The van der Waals surface area contributed by atoms with E-state index in [9.17, 15) is 13.2 Å². The van der Waals surface area contributed by atoms with Gasteiger partial charge < -0.3 is 9.80 Å². The number of aryl methyl sites for hydroxylation is 1. The van der Waals surface area contributed by atoms with Crippen LogP contribution in [0.1, 0.15) is 21.5 Å². The standard InChI is InChI=1S/C24H25N3O3S/c1-18-7-11-21(12-8-18)25-31(29,30)22-13-9-19(10-14-22)24(28)27-16-15-26(2)23-6-4-3-5-20(23)17-27/h3-14,25H,15-17H2,1-2H3. The van der Waals surface area contributed by atoms with Gasteiger partial charge in [0.05, 0.1) is 4.90 Å². The fraction of sp³-hybridized carbons (Fsp3) is 0.208. The molecule has 1 N–H and O–H groups in total. The average Bonchev–Trinajstić information content (AvgIpc) is 2.94. The molecular weight excluding hydrogens is 410 g/mol. The molecule has 0 saturated carbocycles. The van der Waals surface area contributed by atoms with E-state index in [1.807, 2.05) is 44.3 Å². The van der Waals surface area contributed by atoms with Crippen molar-refractivity contribution in [3.05, 3.63) is 89.5 Å². The molecule has 1 heterocycles. The Balaban J connectivity index is 1.51. The highest BCUT2D eigenvalue weighted by Crippen LogP contribution is 2.25. The number of rotatable bonds is 4. The molecule has 160 valence electrons. The molecule has 0 spiro atoms. The van der Waals surface area contributed by atoms with E-state index in [1.54, 1.807) is 29.2 Å². The smallest absolute Gasteiger partial charge is 0.261 e. The van der Waals surface area contributed by atoms with E-state index in [0.717, 1.165) is 23.4 Å². The minimum absolute atomic E-state index is 0.111. The Bertz CT molecular complexity index is 1190. The van der Waals surface area contributed by atoms with Crippen molar-refractivity contribution < 1.29 is 13.2 Å². The van der Waals surface area contributed by atoms with Gasteiger partial charge in [-0.1, -0.05) is 35.9 Å². The summed E-state index contributed by atoms with van der Waals surface area (Å²) in [5, 5.41) is 0. The van der Waals surface area contributed by atoms with Gasteiger partial charge in [-0.25, -0.2) is 8.42 Å². The third kappa shape index (κ3) is 4.56. The lowest BCUT2D eigenvalue weighted by atomic mass is 10.1. The first-order valence-electron chi connectivity index (χ1n) is 10.1. The summed E-state index contributed by atoms with van der Waals surface area (Å²) < 4.78 is 27.9. The van der Waals surface area contributed by atoms with E-state index in [-0.39, 0.29) is 10.8 Å². The summed E-state index contributed by atoms with van der Waals surface area (Å²) >= 11 is 0. The van der Waals surface area contributed by atoms with Crippen molar-refractivity contribution in [1.29, 1.82) is 0 Å². The number of para-hydroxylation sites is 1. The van der Waals surface area contributed by atoms with Gasteiger partial charge in [0.15, 0.2) is 0 Å². The molecule has 0 bridgehead atoms. The minimum Gasteiger partial charge on any atom is -0.373 e. The van der Waals surface area contributed by atoms with Crippen LogP contribution in [0.3, 0.4) is 0 Å². The van der Waals surface area contributed by atoms with Crippen LogP contribution in [0.2, 0.25) is 0 Å². The van der Waals surface area contributed by atoms with E-state index >= 15 is 0 Å². The number of carbonyl (C=O) groups excluding carboxylic acids is 1. The summed E-state index contributed by atoms with van der Waals surface area (Å²) in [6.07, 6.45) is 0. The number of carbonyl (C=O) groups is 1. The zero-order valence-electron chi connectivity index (χ0n) is 17.6. The van der Waals surface area contributed by atoms with Gasteiger partial charge in [-0.2, -0.15) is 0 Å². The fourth-order valence-electron chi connectivity index (χ4n) is 3.66. The molecule has 7 heteroatoms. The quantitative estimate of drug-likeness (QED) is 0.675. The Morgan fingerprint density at radius 1 is 0.903 bits per heavy atom. The second-order valence-electron chi connectivity index (χ2n) is 7.77. The van der Waals surface area contributed by atoms with Crippen molar-refractivity contribution in [1.82, 2.24) is 4.90 Å². The molecule has 1 aliphatic heterocycles. The summed E-state index contributed by atoms with van der Waals surface area (Å²) in [4.78, 5) is 17.2. The molecule has 0 radical (unpaired) electrons. The number of fused-ring (bicyclic) bond motifs is 1. The van der Waals surface area contributed by atoms with Crippen molar-refractivity contribution in [3.8, 4) is 0 Å². The molecule has 31 heavy (non-hydrogen) atoms. The van der Waals surface area contributed by atoms with Crippen LogP contribution in [0.5, 0.6) is 0 Å². The number of hydrogen-bond donors (Lipinski definition) is 1. The summed E-state index contributed by atoms with van der Waals surface area (Å²) in [5.41, 5.74) is 4.24. The largest absolute Gasteiger partial charge is 0.373 e. The van der Waals surface area contributed by atoms with Crippen molar-refractivity contribution >= 4 is 27.3 Å². The highest BCUT2D eigenvalue weighted by Gasteiger charge is 2.23. The lowest BCUT2D eigenvalue weighted by Gasteiger charge is -2.21. The molecule has 0 fully saturated rings. The zero-order chi connectivity index (χ0) is 22.0. The molecule has 3 aromatic carbocycles. The van der Waals surface area contributed by atoms with E-state index in [1.165, 1.54) is 12.1 Å². The minimum atomic E-state index is -3.73. The van der Waals surface area contributed by atoms with Crippen molar-refractivity contribution in [2.75, 3.05) is 29.8 Å². The molecule has 6 nitrogen and oxygen atoms in total. The van der Waals surface area contributed by atoms with Crippen LogP contribution in [-0.4, -0.2) is 39.4 Å². The SMILES string of the molecule is Cc1ccc(NS(=O)(=O)c2ccc(C(=O)N3CCN(C)c4ccccc4C3)cc2)cc1. The lowest BCUT2D eigenvalue weighted by molar-refractivity contribution is 0.0751. The number of benzene rings is 3. The van der Waals surface area contributed by atoms with Gasteiger partial charge in [-0.3, -0.25) is 9.52 Å². The highest BCUT2D eigenvalue weighted by molar-refractivity contribution is 7.92. The van der Waals surface area contributed by atoms with Gasteiger partial charge >= 0.3 is 0 Å². The third-order valence-corrected chi connectivity index (χ3v) is 6.87. The van der Waals surface area contributed by atoms with Gasteiger partial charge in [0, 0.05) is 43.6 Å². The molecule has 4 rings (SSSR count). The fourth-order valence-corrected chi connectivity index (χ4v) is 4.72. The van der Waals surface area contributed by atoms with E-state index in [4.69, 9.17) is 0 Å². The highest BCUT2D eigenvalue weighted by atomic mass is 32.2. The second kappa shape index (κ2) is 8.43. The molecular formula is C24H25N3O3S. The van der Waals surface area contributed by atoms with Crippen LogP contribution < -0.4 is 9.62 Å². The second-order valence-corrected chi connectivity index (χ2v) is 9.46. The van der Waals surface area contributed by atoms with Gasteiger partial charge in [0.1, 0.15) is 0 Å². The topological polar surface area (TPSA) is 69.7 Å². The third-order valence-electron chi connectivity index (χ3n) is 5.47. The van der Waals surface area contributed by atoms with Gasteiger partial charge in [0.25, 0.3) is 15.9 Å². The van der Waals surface area contributed by atoms with E-state index in [2.05, 4.69) is 15.7 Å². The Hall–Kier alpha value is -3.32. The Kier molecular flexibility index (Phi) is 5.69. The average molecular weight is 436 g/mol. The molecule has 0 aliphatic carbocycles. The Morgan fingerprint density at radius 3 is 2.29 bits per heavy atom. The van der Waals surface area contributed by atoms with E-state index < -0.39 is 10.0 Å². The number of nitrogens with zero attached hydrogens (tertiary/aromatic N) is 2. The molecule has 1 amide bonds. The number of nitrogens with one attached hydrogen (secondary N) is 1. The molecule has 0 aromatic heterocycles. The first-order valence-corrected chi connectivity index (χ1v) is 11.6. The van der Waals surface area contributed by atoms with Gasteiger partial charge in [-0.15, -0.1) is 0 Å². The summed E-state index contributed by atoms with van der Waals surface area (Å²) in [6.45, 7) is 3.79. The zero-order valence-corrected chi connectivity index (χ0v) is 18.4. The summed E-state index contributed by atoms with van der Waals surface area (Å²) in [7, 11) is -1.71. The van der Waals surface area contributed by atoms with Crippen LogP contribution in [-0.2, 0) is 16.6 Å². The van der Waals surface area contributed by atoms with Crippen LogP contribution in [0.4, 0.5) is 11.4 Å². The molecule has 0 atom stereocenters. The monoisotopic (exact) mass is 435 g/mol. The molecule has 3 aromatic rings. The van der Waals surface area contributed by atoms with Crippen molar-refractivity contribution in [3.63, 3.8) is 0 Å². The van der Waals surface area contributed by atoms with Crippen LogP contribution in [0.25, 0.3) is 0 Å². The van der Waals surface area contributed by atoms with Crippen molar-refractivity contribution in [2.24, 2.45) is 0 Å². The first kappa shape index (κ1) is 20.9. The van der Waals surface area contributed by atoms with Gasteiger partial charge in [0.2, 0.25) is 0 Å². The van der Waals surface area contributed by atoms with Crippen molar-refractivity contribution in [2.45, 2.75) is 18.4 Å². The predicted molar refractivity (Wildman–Crippen MR) is 123 cm³/mol. The van der Waals surface area contributed by atoms with Crippen LogP contribution in [0.15, 0.2) is 77.7 Å². The number of hydrogen-bond acceptors (Lipinski definition) is 4. The van der Waals surface area contributed by atoms with Crippen LogP contribution >= 0.6 is 0 Å².